The Morgan fingerprint density at radius 3 is 1.57 bits per heavy atom. The molecule has 4 rings (SSSR count). The summed E-state index contributed by atoms with van der Waals surface area (Å²) >= 11 is 0. The molecule has 10 heteroatoms. The van der Waals surface area contributed by atoms with Gasteiger partial charge in [0.15, 0.2) is 11.6 Å². The van der Waals surface area contributed by atoms with Crippen molar-refractivity contribution in [1.29, 1.82) is 0 Å². The Morgan fingerprint density at radius 1 is 0.761 bits per heavy atom. The zero-order valence-electron chi connectivity index (χ0n) is 29.2. The minimum atomic E-state index is -0.797. The molecule has 260 valence electrons. The summed E-state index contributed by atoms with van der Waals surface area (Å²) in [6.07, 6.45) is 21.8. The largest absolute Gasteiger partial charge is 0.481 e. The average Bonchev–Trinajstić information content (AvgIpc) is 3.71. The van der Waals surface area contributed by atoms with Crippen LogP contribution in [0, 0.1) is 11.8 Å². The van der Waals surface area contributed by atoms with Crippen LogP contribution < -0.4 is 0 Å². The number of esters is 1. The number of ether oxygens (including phenoxy) is 1. The highest BCUT2D eigenvalue weighted by Gasteiger charge is 2.26. The Hall–Kier alpha value is -2.78. The molecule has 1 N–H and O–H groups in total. The number of carboxylic acid groups (broad SMARTS) is 1. The predicted octanol–water partition coefficient (Wildman–Crippen LogP) is 9.14. The molecule has 0 unspecified atom stereocenters. The highest BCUT2D eigenvalue weighted by atomic mass is 16.6. The maximum atomic E-state index is 12.3. The molecule has 2 heterocycles. The van der Waals surface area contributed by atoms with Gasteiger partial charge in [0, 0.05) is 24.7 Å². The van der Waals surface area contributed by atoms with Gasteiger partial charge in [-0.05, 0) is 45.4 Å². The van der Waals surface area contributed by atoms with Crippen molar-refractivity contribution in [2.24, 2.45) is 11.8 Å². The second-order valence-electron chi connectivity index (χ2n) is 14.5. The van der Waals surface area contributed by atoms with Gasteiger partial charge >= 0.3 is 11.9 Å². The summed E-state index contributed by atoms with van der Waals surface area (Å²) in [4.78, 5) is 32.1. The van der Waals surface area contributed by atoms with Gasteiger partial charge in [-0.15, -0.1) is 0 Å². The molecule has 0 saturated heterocycles. The number of nitrogens with zero attached hydrogens (tertiary/aromatic N) is 4. The number of aliphatic carboxylic acids is 1. The second kappa shape index (κ2) is 19.8. The van der Waals surface area contributed by atoms with E-state index in [0.717, 1.165) is 43.9 Å². The number of hydrogen-bond donors (Lipinski definition) is 1. The quantitative estimate of drug-likeness (QED) is 0.176. The Labute approximate surface area is 276 Å². The third-order valence-electron chi connectivity index (χ3n) is 9.33. The molecule has 2 aromatic heterocycles. The van der Waals surface area contributed by atoms with E-state index in [1.54, 1.807) is 0 Å². The van der Waals surface area contributed by atoms with E-state index >= 15 is 0 Å². The van der Waals surface area contributed by atoms with Gasteiger partial charge < -0.3 is 18.9 Å². The molecule has 2 aromatic rings. The summed E-state index contributed by atoms with van der Waals surface area (Å²) in [5, 5.41) is 16.9. The van der Waals surface area contributed by atoms with Gasteiger partial charge in [0.1, 0.15) is 5.60 Å². The topological polar surface area (TPSA) is 141 Å². The van der Waals surface area contributed by atoms with E-state index in [1.165, 1.54) is 77.0 Å². The van der Waals surface area contributed by atoms with Crippen LogP contribution in [-0.2, 0) is 27.2 Å². The van der Waals surface area contributed by atoms with E-state index in [2.05, 4.69) is 20.3 Å². The molecule has 2 fully saturated rings. The standard InChI is InChI=1S/C20H34N2O3.C16H26N2O3/c1-5-17-21-19(25-22-17)16(14-18(23)24-20(2,3)4)13-9-12-15-10-7-6-8-11-15;1-2-14-17-16(21-18-14)13(11-15(19)20)10-6-9-12-7-4-3-5-8-12/h15-16H,5-14H2,1-4H3;12-13H,2-11H2,1H3,(H,19,20)/t16-;13-/m11/s1. The van der Waals surface area contributed by atoms with Crippen molar-refractivity contribution in [3.05, 3.63) is 23.4 Å². The molecule has 0 radical (unpaired) electrons. The van der Waals surface area contributed by atoms with E-state index in [1.807, 2.05) is 34.6 Å². The third-order valence-corrected chi connectivity index (χ3v) is 9.33. The first-order valence-electron chi connectivity index (χ1n) is 18.1. The second-order valence-corrected chi connectivity index (χ2v) is 14.5. The van der Waals surface area contributed by atoms with Gasteiger partial charge in [0.2, 0.25) is 11.8 Å². The van der Waals surface area contributed by atoms with E-state index in [0.29, 0.717) is 36.3 Å². The van der Waals surface area contributed by atoms with E-state index in [9.17, 15) is 9.59 Å². The van der Waals surface area contributed by atoms with Crippen molar-refractivity contribution >= 4 is 11.9 Å². The van der Waals surface area contributed by atoms with Gasteiger partial charge in [0.25, 0.3) is 0 Å². The lowest BCUT2D eigenvalue weighted by Crippen LogP contribution is -2.25. The monoisotopic (exact) mass is 644 g/mol. The maximum Gasteiger partial charge on any atom is 0.307 e. The maximum absolute atomic E-state index is 12.3. The summed E-state index contributed by atoms with van der Waals surface area (Å²) < 4.78 is 16.1. The van der Waals surface area contributed by atoms with Gasteiger partial charge in [-0.2, -0.15) is 9.97 Å². The van der Waals surface area contributed by atoms with Crippen molar-refractivity contribution in [3.8, 4) is 0 Å². The van der Waals surface area contributed by atoms with Crippen LogP contribution in [-0.4, -0.2) is 42.9 Å². The van der Waals surface area contributed by atoms with Crippen LogP contribution in [0.2, 0.25) is 0 Å². The van der Waals surface area contributed by atoms with Crippen LogP contribution in [0.4, 0.5) is 0 Å². The normalized spacial score (nSPS) is 17.6. The molecule has 0 amide bonds. The number of hydrogen-bond acceptors (Lipinski definition) is 9. The molecule has 0 aromatic carbocycles. The highest BCUT2D eigenvalue weighted by Crippen LogP contribution is 2.33. The lowest BCUT2D eigenvalue weighted by molar-refractivity contribution is -0.155. The Balaban J connectivity index is 0.000000254. The fraction of sp³-hybridized carbons (Fsp3) is 0.833. The molecule has 2 aliphatic carbocycles. The van der Waals surface area contributed by atoms with Crippen LogP contribution in [0.5, 0.6) is 0 Å². The lowest BCUT2D eigenvalue weighted by atomic mass is 9.84. The Bertz CT molecular complexity index is 1140. The number of aromatic nitrogens is 4. The van der Waals surface area contributed by atoms with Crippen LogP contribution in [0.3, 0.4) is 0 Å². The first-order valence-corrected chi connectivity index (χ1v) is 18.1. The van der Waals surface area contributed by atoms with Crippen molar-refractivity contribution in [1.82, 2.24) is 20.3 Å². The van der Waals surface area contributed by atoms with Crippen molar-refractivity contribution in [3.63, 3.8) is 0 Å². The van der Waals surface area contributed by atoms with Gasteiger partial charge in [0.05, 0.1) is 12.8 Å². The van der Waals surface area contributed by atoms with Crippen LogP contribution in [0.25, 0.3) is 0 Å². The van der Waals surface area contributed by atoms with Gasteiger partial charge in [-0.25, -0.2) is 0 Å². The molecule has 0 bridgehead atoms. The number of carboxylic acids is 1. The zero-order valence-corrected chi connectivity index (χ0v) is 29.2. The zero-order chi connectivity index (χ0) is 33.4. The SMILES string of the molecule is CCc1noc([C@H](CCCC2CCCCC2)CC(=O)O)n1.CCc1noc([C@H](CCCC2CCCCC2)CC(=O)OC(C)(C)C)n1. The smallest absolute Gasteiger partial charge is 0.307 e. The highest BCUT2D eigenvalue weighted by molar-refractivity contribution is 5.70. The lowest BCUT2D eigenvalue weighted by Gasteiger charge is -2.23. The van der Waals surface area contributed by atoms with Crippen LogP contribution >= 0.6 is 0 Å². The molecule has 0 spiro atoms. The van der Waals surface area contributed by atoms with Crippen LogP contribution in [0.15, 0.2) is 9.05 Å². The Morgan fingerprint density at radius 2 is 1.20 bits per heavy atom. The number of rotatable bonds is 16. The molecule has 0 aliphatic heterocycles. The van der Waals surface area contributed by atoms with Gasteiger partial charge in [-0.1, -0.05) is 114 Å². The average molecular weight is 645 g/mol. The number of carbonyl (C=O) groups excluding carboxylic acids is 1. The van der Waals surface area contributed by atoms with Gasteiger partial charge in [-0.3, -0.25) is 9.59 Å². The first kappa shape index (κ1) is 37.7. The molecule has 46 heavy (non-hydrogen) atoms. The predicted molar refractivity (Wildman–Crippen MR) is 176 cm³/mol. The van der Waals surface area contributed by atoms with E-state index < -0.39 is 11.6 Å². The summed E-state index contributed by atoms with van der Waals surface area (Å²) in [7, 11) is 0. The molecule has 2 aliphatic rings. The third kappa shape index (κ3) is 14.3. The fourth-order valence-corrected chi connectivity index (χ4v) is 6.83. The van der Waals surface area contributed by atoms with Crippen molar-refractivity contribution < 1.29 is 28.5 Å². The summed E-state index contributed by atoms with van der Waals surface area (Å²) in [5.41, 5.74) is -0.465. The van der Waals surface area contributed by atoms with Crippen molar-refractivity contribution in [2.75, 3.05) is 0 Å². The number of aryl methyl sites for hydroxylation is 2. The minimum absolute atomic E-state index is 0.0359. The molecule has 10 nitrogen and oxygen atoms in total. The molecule has 2 saturated carbocycles. The fourth-order valence-electron chi connectivity index (χ4n) is 6.83. The number of carbonyl (C=O) groups is 2. The van der Waals surface area contributed by atoms with Crippen molar-refractivity contribution in [2.45, 2.75) is 180 Å². The molecular weight excluding hydrogens is 584 g/mol. The first-order chi connectivity index (χ1) is 22.1. The molecule has 2 atom stereocenters. The van der Waals surface area contributed by atoms with Crippen LogP contribution in [0.1, 0.15) is 185 Å². The minimum Gasteiger partial charge on any atom is -0.481 e. The summed E-state index contributed by atoms with van der Waals surface area (Å²) in [6.45, 7) is 9.64. The Kier molecular flexibility index (Phi) is 16.2. The summed E-state index contributed by atoms with van der Waals surface area (Å²) in [6, 6.07) is 0. The van der Waals surface area contributed by atoms with E-state index in [4.69, 9.17) is 18.9 Å². The van der Waals surface area contributed by atoms with E-state index in [-0.39, 0.29) is 24.2 Å². The summed E-state index contributed by atoms with van der Waals surface area (Å²) in [5.74, 6) is 2.97. The molecular formula is C36H60N4O6.